The number of allylic oxidation sites excluding steroid dienone is 20. The van der Waals surface area contributed by atoms with E-state index in [2.05, 4.69) is 86.8 Å². The zero-order valence-corrected chi connectivity index (χ0v) is 43.9. The molecule has 0 bridgehead atoms. The first-order chi connectivity index (χ1) is 33.5. The predicted octanol–water partition coefficient (Wildman–Crippen LogP) is 17.2. The second-order valence-corrected chi connectivity index (χ2v) is 18.4. The number of carbonyl (C=O) groups is 2. The van der Waals surface area contributed by atoms with E-state index in [0.717, 1.165) is 83.5 Å². The summed E-state index contributed by atoms with van der Waals surface area (Å²) in [5.41, 5.74) is 0. The first kappa shape index (κ1) is 64.3. The molecule has 0 aromatic heterocycles. The second kappa shape index (κ2) is 54.2. The van der Waals surface area contributed by atoms with Crippen LogP contribution in [0.1, 0.15) is 233 Å². The minimum Gasteiger partial charge on any atom is -0.462 e. The van der Waals surface area contributed by atoms with Crippen molar-refractivity contribution in [3.63, 3.8) is 0 Å². The number of hydrogen-bond donors (Lipinski definition) is 3. The summed E-state index contributed by atoms with van der Waals surface area (Å²) in [4.78, 5) is 26.2. The van der Waals surface area contributed by atoms with E-state index in [1.54, 1.807) is 0 Å². The van der Waals surface area contributed by atoms with Gasteiger partial charge in [0.05, 0.1) is 25.2 Å². The number of aliphatic hydroxyl groups excluding tert-OH is 2. The lowest BCUT2D eigenvalue weighted by Crippen LogP contribution is -2.46. The summed E-state index contributed by atoms with van der Waals surface area (Å²) in [7, 11) is 0. The molecule has 3 unspecified atom stereocenters. The molecular formula is C62H103NO5. The van der Waals surface area contributed by atoms with E-state index in [9.17, 15) is 19.8 Å². The smallest absolute Gasteiger partial charge is 0.306 e. The molecule has 3 atom stereocenters. The maximum absolute atomic E-state index is 13.2. The van der Waals surface area contributed by atoms with Gasteiger partial charge in [-0.2, -0.15) is 0 Å². The minimum atomic E-state index is -0.822. The van der Waals surface area contributed by atoms with Gasteiger partial charge in [0.25, 0.3) is 0 Å². The second-order valence-electron chi connectivity index (χ2n) is 18.4. The molecule has 0 aliphatic heterocycles. The molecule has 6 heteroatoms. The third-order valence-corrected chi connectivity index (χ3v) is 11.9. The Morgan fingerprint density at radius 3 is 1.37 bits per heavy atom. The molecule has 0 heterocycles. The van der Waals surface area contributed by atoms with Gasteiger partial charge in [-0.15, -0.1) is 0 Å². The minimum absolute atomic E-state index is 0.00595. The lowest BCUT2D eigenvalue weighted by molar-refractivity contribution is -0.151. The molecular weight excluding hydrogens is 839 g/mol. The van der Waals surface area contributed by atoms with Crippen molar-refractivity contribution >= 4 is 11.9 Å². The molecule has 386 valence electrons. The van der Waals surface area contributed by atoms with Gasteiger partial charge in [-0.25, -0.2) is 0 Å². The van der Waals surface area contributed by atoms with Crippen molar-refractivity contribution in [2.45, 2.75) is 251 Å². The summed E-state index contributed by atoms with van der Waals surface area (Å²) >= 11 is 0. The monoisotopic (exact) mass is 942 g/mol. The Bertz CT molecular complexity index is 1430. The number of esters is 1. The Hall–Kier alpha value is -3.74. The zero-order chi connectivity index (χ0) is 49.5. The summed E-state index contributed by atoms with van der Waals surface area (Å²) in [6, 6.07) is -0.742. The number of unbranched alkanes of at least 4 members (excludes halogenated alkanes) is 21. The Morgan fingerprint density at radius 2 is 0.868 bits per heavy atom. The third kappa shape index (κ3) is 48.7. The van der Waals surface area contributed by atoms with E-state index < -0.39 is 18.2 Å². The average Bonchev–Trinajstić information content (AvgIpc) is 3.33. The lowest BCUT2D eigenvalue weighted by atomic mass is 10.0. The number of nitrogens with one attached hydrogen (secondary N) is 1. The van der Waals surface area contributed by atoms with Crippen molar-refractivity contribution in [1.82, 2.24) is 5.32 Å². The third-order valence-electron chi connectivity index (χ3n) is 11.9. The Balaban J connectivity index is 4.76. The largest absolute Gasteiger partial charge is 0.462 e. The van der Waals surface area contributed by atoms with Crippen LogP contribution in [0.15, 0.2) is 122 Å². The molecule has 1 amide bonds. The van der Waals surface area contributed by atoms with Crippen LogP contribution in [0.3, 0.4) is 0 Å². The van der Waals surface area contributed by atoms with Crippen molar-refractivity contribution in [2.24, 2.45) is 0 Å². The maximum atomic E-state index is 13.2. The fraction of sp³-hybridized carbons (Fsp3) is 0.645. The summed E-state index contributed by atoms with van der Waals surface area (Å²) in [5, 5.41) is 23.8. The molecule has 0 aromatic carbocycles. The van der Waals surface area contributed by atoms with Crippen molar-refractivity contribution < 1.29 is 24.5 Å². The summed E-state index contributed by atoms with van der Waals surface area (Å²) in [6.45, 7) is 6.28. The van der Waals surface area contributed by atoms with Gasteiger partial charge in [-0.1, -0.05) is 258 Å². The van der Waals surface area contributed by atoms with E-state index >= 15 is 0 Å². The molecule has 0 saturated heterocycles. The Kier molecular flexibility index (Phi) is 51.2. The van der Waals surface area contributed by atoms with Gasteiger partial charge in [-0.05, 0) is 83.5 Å². The average molecular weight is 943 g/mol. The highest BCUT2D eigenvalue weighted by Crippen LogP contribution is 2.17. The SMILES string of the molecule is CC\C=C/C=C/C=C/C=C\C=C\C=C\CCCC(CC(=O)NC(CO)C(O)CCCCCCCCCCCCCCCCC)OC(=O)CCCCC/C=C\C/C=C\C/C=C\C/C=C\CCCCC. The normalized spacial score (nSPS) is 14.1. The van der Waals surface area contributed by atoms with Gasteiger partial charge in [0.1, 0.15) is 6.10 Å². The predicted molar refractivity (Wildman–Crippen MR) is 296 cm³/mol. The highest BCUT2D eigenvalue weighted by Gasteiger charge is 2.24. The quantitative estimate of drug-likeness (QED) is 0.0244. The number of carbonyl (C=O) groups excluding carboxylic acids is 2. The summed E-state index contributed by atoms with van der Waals surface area (Å²) in [6.07, 6.45) is 75.4. The van der Waals surface area contributed by atoms with Gasteiger partial charge in [0.15, 0.2) is 0 Å². The van der Waals surface area contributed by atoms with Crippen molar-refractivity contribution in [1.29, 1.82) is 0 Å². The standard InChI is InChI=1S/C62H103NO5/c1-4-7-10-13-16-19-22-25-28-29-30-31-34-37-40-43-46-49-52-55-62(67)68-58(53-50-47-44-41-38-35-32-26-23-20-17-14-11-8-5-2)56-61(66)63-59(57-64)60(65)54-51-48-45-42-39-36-33-27-24-21-18-15-12-9-6-3/h8,11,14,16-17,19-20,23,25-26,28,30-32,35,37-38,40-41,44,58-60,64-65H,4-7,9-10,12-13,15,18,21-22,24,27,29,33-34,36,39,42-43,45-57H2,1-3H3,(H,63,66)/b11-8-,17-14+,19-16-,23-20+,28-25-,31-30-,32-26-,38-35+,40-37-,44-41+. The zero-order valence-electron chi connectivity index (χ0n) is 43.9. The molecule has 0 saturated carbocycles. The van der Waals surface area contributed by atoms with E-state index in [1.807, 2.05) is 60.8 Å². The van der Waals surface area contributed by atoms with E-state index in [1.165, 1.54) is 103 Å². The number of rotatable bonds is 48. The van der Waals surface area contributed by atoms with Crippen molar-refractivity contribution in [2.75, 3.05) is 6.61 Å². The highest BCUT2D eigenvalue weighted by atomic mass is 16.5. The number of aliphatic hydroxyl groups is 2. The van der Waals surface area contributed by atoms with Crippen LogP contribution in [0.2, 0.25) is 0 Å². The van der Waals surface area contributed by atoms with Gasteiger partial charge in [0.2, 0.25) is 5.91 Å². The van der Waals surface area contributed by atoms with Crippen LogP contribution in [-0.2, 0) is 14.3 Å². The molecule has 0 fully saturated rings. The van der Waals surface area contributed by atoms with Crippen LogP contribution in [-0.4, -0.2) is 46.9 Å². The molecule has 0 rings (SSSR count). The Morgan fingerprint density at radius 1 is 0.456 bits per heavy atom. The molecule has 0 spiro atoms. The topological polar surface area (TPSA) is 95.9 Å². The van der Waals surface area contributed by atoms with Crippen LogP contribution >= 0.6 is 0 Å². The summed E-state index contributed by atoms with van der Waals surface area (Å²) < 4.78 is 5.90. The van der Waals surface area contributed by atoms with E-state index in [0.29, 0.717) is 19.3 Å². The number of hydrogen-bond acceptors (Lipinski definition) is 5. The van der Waals surface area contributed by atoms with Gasteiger partial charge in [-0.3, -0.25) is 9.59 Å². The summed E-state index contributed by atoms with van der Waals surface area (Å²) in [5.74, 6) is -0.594. The highest BCUT2D eigenvalue weighted by molar-refractivity contribution is 5.77. The van der Waals surface area contributed by atoms with Crippen LogP contribution in [0, 0.1) is 0 Å². The van der Waals surface area contributed by atoms with E-state index in [4.69, 9.17) is 4.74 Å². The van der Waals surface area contributed by atoms with Gasteiger partial charge < -0.3 is 20.3 Å². The van der Waals surface area contributed by atoms with Crippen LogP contribution in [0.4, 0.5) is 0 Å². The lowest BCUT2D eigenvalue weighted by Gasteiger charge is -2.24. The molecule has 0 radical (unpaired) electrons. The first-order valence-electron chi connectivity index (χ1n) is 27.8. The van der Waals surface area contributed by atoms with Crippen molar-refractivity contribution in [3.8, 4) is 0 Å². The first-order valence-corrected chi connectivity index (χ1v) is 27.8. The molecule has 0 aromatic rings. The molecule has 0 aliphatic rings. The van der Waals surface area contributed by atoms with Crippen LogP contribution in [0.5, 0.6) is 0 Å². The van der Waals surface area contributed by atoms with Crippen LogP contribution in [0.25, 0.3) is 0 Å². The molecule has 0 aliphatic carbocycles. The Labute approximate surface area is 419 Å². The number of ether oxygens (including phenoxy) is 1. The van der Waals surface area contributed by atoms with E-state index in [-0.39, 0.29) is 24.9 Å². The van der Waals surface area contributed by atoms with Gasteiger partial charge >= 0.3 is 5.97 Å². The molecule has 6 nitrogen and oxygen atoms in total. The fourth-order valence-corrected chi connectivity index (χ4v) is 7.74. The fourth-order valence-electron chi connectivity index (χ4n) is 7.74. The number of amides is 1. The molecule has 3 N–H and O–H groups in total. The maximum Gasteiger partial charge on any atom is 0.306 e. The van der Waals surface area contributed by atoms with Gasteiger partial charge in [0, 0.05) is 6.42 Å². The molecule has 68 heavy (non-hydrogen) atoms. The van der Waals surface area contributed by atoms with Crippen molar-refractivity contribution in [3.05, 3.63) is 122 Å². The van der Waals surface area contributed by atoms with Crippen LogP contribution < -0.4 is 5.32 Å².